The van der Waals surface area contributed by atoms with Gasteiger partial charge in [0.25, 0.3) is 5.91 Å². The highest BCUT2D eigenvalue weighted by molar-refractivity contribution is 6.14. The molecule has 0 saturated heterocycles. The van der Waals surface area contributed by atoms with Gasteiger partial charge in [0.15, 0.2) is 5.92 Å². The second-order valence-corrected chi connectivity index (χ2v) is 3.31. The van der Waals surface area contributed by atoms with Crippen molar-refractivity contribution in [2.75, 3.05) is 6.54 Å². The second kappa shape index (κ2) is 4.74. The van der Waals surface area contributed by atoms with Crippen LogP contribution in [0.25, 0.3) is 0 Å². The molecule has 2 amide bonds. The number of nitrogens with two attached hydrogens (primary N) is 1. The number of rotatable bonds is 5. The van der Waals surface area contributed by atoms with Gasteiger partial charge in [0.1, 0.15) is 0 Å². The molecule has 0 aromatic carbocycles. The molecule has 14 heavy (non-hydrogen) atoms. The molecule has 1 aliphatic rings. The average molecular weight is 197 g/mol. The third-order valence-corrected chi connectivity index (χ3v) is 2.16. The zero-order chi connectivity index (χ0) is 10.6. The van der Waals surface area contributed by atoms with Crippen molar-refractivity contribution < 1.29 is 9.59 Å². The van der Waals surface area contributed by atoms with Crippen LogP contribution in [0.15, 0.2) is 5.10 Å². The Morgan fingerprint density at radius 1 is 1.64 bits per heavy atom. The number of nitrogens with zero attached hydrogens (tertiary/aromatic N) is 2. The molecule has 5 heteroatoms. The van der Waals surface area contributed by atoms with E-state index in [0.717, 1.165) is 19.3 Å². The van der Waals surface area contributed by atoms with Crippen LogP contribution in [0.4, 0.5) is 0 Å². The van der Waals surface area contributed by atoms with E-state index in [1.165, 1.54) is 11.2 Å². The monoisotopic (exact) mass is 197 g/mol. The Labute approximate surface area is 82.9 Å². The quantitative estimate of drug-likeness (QED) is 0.501. The van der Waals surface area contributed by atoms with E-state index in [2.05, 4.69) is 12.0 Å². The van der Waals surface area contributed by atoms with Gasteiger partial charge in [0.2, 0.25) is 5.91 Å². The zero-order valence-electron chi connectivity index (χ0n) is 8.27. The molecule has 1 heterocycles. The molecule has 0 spiro atoms. The smallest absolute Gasteiger partial charge is 0.260 e. The predicted molar refractivity (Wildman–Crippen MR) is 52.4 cm³/mol. The number of unbranched alkanes of at least 4 members (excludes halogenated alkanes) is 2. The first-order chi connectivity index (χ1) is 6.66. The van der Waals surface area contributed by atoms with Crippen molar-refractivity contribution in [2.45, 2.75) is 26.2 Å². The summed E-state index contributed by atoms with van der Waals surface area (Å²) in [6.07, 6.45) is 4.37. The number of hydrogen-bond acceptors (Lipinski definition) is 3. The van der Waals surface area contributed by atoms with E-state index in [4.69, 9.17) is 5.73 Å². The molecule has 0 radical (unpaired) electrons. The largest absolute Gasteiger partial charge is 0.369 e. The molecule has 1 unspecified atom stereocenters. The summed E-state index contributed by atoms with van der Waals surface area (Å²) in [4.78, 5) is 22.2. The fraction of sp³-hybridized carbons (Fsp3) is 0.667. The predicted octanol–water partition coefficient (Wildman–Crippen LogP) is 0.106. The minimum Gasteiger partial charge on any atom is -0.369 e. The number of primary amides is 1. The van der Waals surface area contributed by atoms with Crippen LogP contribution in [0.2, 0.25) is 0 Å². The molecule has 1 aliphatic heterocycles. The van der Waals surface area contributed by atoms with Crippen LogP contribution in [-0.4, -0.2) is 29.6 Å². The Morgan fingerprint density at radius 3 is 2.86 bits per heavy atom. The van der Waals surface area contributed by atoms with Crippen LogP contribution in [0.1, 0.15) is 26.2 Å². The van der Waals surface area contributed by atoms with Gasteiger partial charge in [-0.2, -0.15) is 5.10 Å². The standard InChI is InChI=1S/C9H15N3O2/c1-2-3-4-5-12-9(14)7(6-11-12)8(10)13/h6-7H,2-5H2,1H3,(H2,10,13). The van der Waals surface area contributed by atoms with Crippen molar-refractivity contribution in [3.63, 3.8) is 0 Å². The molecule has 0 saturated carbocycles. The third-order valence-electron chi connectivity index (χ3n) is 2.16. The highest BCUT2D eigenvalue weighted by Crippen LogP contribution is 2.10. The van der Waals surface area contributed by atoms with E-state index >= 15 is 0 Å². The Balaban J connectivity index is 2.41. The van der Waals surface area contributed by atoms with Crippen LogP contribution >= 0.6 is 0 Å². The lowest BCUT2D eigenvalue weighted by atomic mass is 10.1. The van der Waals surface area contributed by atoms with Gasteiger partial charge in [-0.15, -0.1) is 0 Å². The summed E-state index contributed by atoms with van der Waals surface area (Å²) in [6, 6.07) is 0. The van der Waals surface area contributed by atoms with E-state index in [9.17, 15) is 9.59 Å². The summed E-state index contributed by atoms with van der Waals surface area (Å²) in [5, 5.41) is 5.17. The zero-order valence-corrected chi connectivity index (χ0v) is 8.27. The first-order valence-corrected chi connectivity index (χ1v) is 4.81. The molecule has 0 aromatic heterocycles. The van der Waals surface area contributed by atoms with Gasteiger partial charge in [-0.3, -0.25) is 9.59 Å². The van der Waals surface area contributed by atoms with Crippen molar-refractivity contribution in [2.24, 2.45) is 16.8 Å². The van der Waals surface area contributed by atoms with E-state index < -0.39 is 11.8 Å². The summed E-state index contributed by atoms with van der Waals surface area (Å²) >= 11 is 0. The van der Waals surface area contributed by atoms with Crippen LogP contribution in [0, 0.1) is 5.92 Å². The van der Waals surface area contributed by atoms with E-state index in [0.29, 0.717) is 6.54 Å². The minimum absolute atomic E-state index is 0.298. The van der Waals surface area contributed by atoms with Crippen LogP contribution < -0.4 is 5.73 Å². The molecule has 2 N–H and O–H groups in total. The van der Waals surface area contributed by atoms with Gasteiger partial charge in [0, 0.05) is 12.8 Å². The van der Waals surface area contributed by atoms with Gasteiger partial charge in [-0.05, 0) is 6.42 Å². The minimum atomic E-state index is -0.850. The molecule has 0 bridgehead atoms. The number of hydrogen-bond donors (Lipinski definition) is 1. The Morgan fingerprint density at radius 2 is 2.36 bits per heavy atom. The number of amides is 2. The summed E-state index contributed by atoms with van der Waals surface area (Å²) in [7, 11) is 0. The van der Waals surface area contributed by atoms with Gasteiger partial charge in [-0.25, -0.2) is 5.01 Å². The summed E-state index contributed by atoms with van der Waals surface area (Å²) in [5.74, 6) is -1.78. The highest BCUT2D eigenvalue weighted by atomic mass is 16.2. The Hall–Kier alpha value is -1.39. The van der Waals surface area contributed by atoms with Crippen LogP contribution in [0.5, 0.6) is 0 Å². The van der Waals surface area contributed by atoms with Gasteiger partial charge < -0.3 is 5.73 Å². The van der Waals surface area contributed by atoms with Crippen molar-refractivity contribution in [1.29, 1.82) is 0 Å². The maximum atomic E-state index is 11.4. The number of hydrazone groups is 1. The first-order valence-electron chi connectivity index (χ1n) is 4.81. The maximum Gasteiger partial charge on any atom is 0.260 e. The normalized spacial score (nSPS) is 20.5. The SMILES string of the molecule is CCCCCN1N=CC(C(N)=O)C1=O. The number of carbonyl (C=O) groups is 2. The van der Waals surface area contributed by atoms with E-state index in [1.807, 2.05) is 0 Å². The maximum absolute atomic E-state index is 11.4. The lowest BCUT2D eigenvalue weighted by molar-refractivity contribution is -0.136. The van der Waals surface area contributed by atoms with Gasteiger partial charge in [-0.1, -0.05) is 19.8 Å². The molecule has 1 atom stereocenters. The lowest BCUT2D eigenvalue weighted by Crippen LogP contribution is -2.35. The summed E-state index contributed by atoms with van der Waals surface area (Å²) < 4.78 is 0. The third kappa shape index (κ3) is 2.31. The summed E-state index contributed by atoms with van der Waals surface area (Å²) in [6.45, 7) is 2.66. The molecule has 0 aliphatic carbocycles. The van der Waals surface area contributed by atoms with E-state index in [1.54, 1.807) is 0 Å². The van der Waals surface area contributed by atoms with Crippen molar-refractivity contribution in [1.82, 2.24) is 5.01 Å². The molecule has 1 rings (SSSR count). The summed E-state index contributed by atoms with van der Waals surface area (Å²) in [5.41, 5.74) is 5.03. The average Bonchev–Trinajstić information content (AvgIpc) is 2.48. The topological polar surface area (TPSA) is 75.8 Å². The van der Waals surface area contributed by atoms with E-state index in [-0.39, 0.29) is 5.91 Å². The van der Waals surface area contributed by atoms with Gasteiger partial charge >= 0.3 is 0 Å². The Kier molecular flexibility index (Phi) is 3.62. The lowest BCUT2D eigenvalue weighted by Gasteiger charge is -2.12. The van der Waals surface area contributed by atoms with Crippen LogP contribution in [0.3, 0.4) is 0 Å². The Bertz CT molecular complexity index is 263. The van der Waals surface area contributed by atoms with Crippen molar-refractivity contribution >= 4 is 18.0 Å². The number of carbonyl (C=O) groups excluding carboxylic acids is 2. The molecular formula is C9H15N3O2. The fourth-order valence-electron chi connectivity index (χ4n) is 1.30. The van der Waals surface area contributed by atoms with Crippen molar-refractivity contribution in [3.05, 3.63) is 0 Å². The molecule has 0 fully saturated rings. The molecule has 5 nitrogen and oxygen atoms in total. The fourth-order valence-corrected chi connectivity index (χ4v) is 1.30. The molecule has 78 valence electrons. The molecule has 0 aromatic rings. The molecular weight excluding hydrogens is 182 g/mol. The van der Waals surface area contributed by atoms with Gasteiger partial charge in [0.05, 0.1) is 0 Å². The van der Waals surface area contributed by atoms with Crippen molar-refractivity contribution in [3.8, 4) is 0 Å². The second-order valence-electron chi connectivity index (χ2n) is 3.31. The highest BCUT2D eigenvalue weighted by Gasteiger charge is 2.32. The van der Waals surface area contributed by atoms with Crippen LogP contribution in [-0.2, 0) is 9.59 Å². The first kappa shape index (κ1) is 10.7.